The van der Waals surface area contributed by atoms with Crippen LogP contribution < -0.4 is 20.4 Å². The van der Waals surface area contributed by atoms with E-state index in [0.29, 0.717) is 92.0 Å². The first-order valence-electron chi connectivity index (χ1n) is 21.3. The van der Waals surface area contributed by atoms with Crippen LogP contribution in [-0.4, -0.2) is 111 Å². The number of amides is 5. The van der Waals surface area contributed by atoms with Crippen molar-refractivity contribution in [1.29, 1.82) is 0 Å². The fraction of sp³-hybridized carbons (Fsp3) is 0.378. The number of anilines is 3. The molecule has 3 aromatic carbocycles. The standard InChI is InChI=1S/C45H45F3N10O4S/c46-35-23-30(22-33-34(35)25-58(42(33)61)40(41(60)52-43-49-13-21-63-43)39-36-2-1-14-56(36)27-50-39)29-5-9-31(10-6-29)55-15-11-37(45(47,48)26-55)54-19-17-53(18-20-54)24-28-3-7-32(8-4-28)57-16-12-38(59)51-44(57)62/h3-10,13,21-23,27,37,40H,1-2,11-12,14-20,24-26H2,(H,49,52,60)(H,51,59,62). The highest BCUT2D eigenvalue weighted by Gasteiger charge is 2.48. The number of thiazole rings is 1. The Bertz CT molecular complexity index is 2560. The topological polar surface area (TPSA) is 139 Å². The van der Waals surface area contributed by atoms with E-state index in [9.17, 15) is 19.2 Å². The number of alkyl halides is 2. The highest BCUT2D eigenvalue weighted by Crippen LogP contribution is 2.39. The Morgan fingerprint density at radius 3 is 2.41 bits per heavy atom. The van der Waals surface area contributed by atoms with Crippen LogP contribution in [0.3, 0.4) is 0 Å². The van der Waals surface area contributed by atoms with Crippen molar-refractivity contribution in [3.8, 4) is 11.1 Å². The summed E-state index contributed by atoms with van der Waals surface area (Å²) < 4.78 is 49.8. The van der Waals surface area contributed by atoms with E-state index >= 15 is 13.2 Å². The number of halogens is 3. The molecule has 2 N–H and O–H groups in total. The average molecular weight is 879 g/mol. The summed E-state index contributed by atoms with van der Waals surface area (Å²) in [5, 5.41) is 7.27. The molecule has 2 aromatic heterocycles. The van der Waals surface area contributed by atoms with Gasteiger partial charge in [0.15, 0.2) is 11.2 Å². The molecule has 5 amide bonds. The van der Waals surface area contributed by atoms with E-state index in [1.165, 1.54) is 22.3 Å². The third kappa shape index (κ3) is 7.95. The Morgan fingerprint density at radius 2 is 1.68 bits per heavy atom. The Hall–Kier alpha value is -6.11. The number of benzene rings is 3. The van der Waals surface area contributed by atoms with E-state index in [1.807, 2.05) is 33.7 Å². The Balaban J connectivity index is 0.768. The van der Waals surface area contributed by atoms with Crippen LogP contribution in [-0.2, 0) is 35.6 Å². The maximum absolute atomic E-state index is 16.0. The van der Waals surface area contributed by atoms with Gasteiger partial charge in [0.25, 0.3) is 17.7 Å². The molecule has 5 aliphatic rings. The van der Waals surface area contributed by atoms with Gasteiger partial charge in [0.1, 0.15) is 5.82 Å². The molecule has 18 heteroatoms. The van der Waals surface area contributed by atoms with Gasteiger partial charge in [-0.05, 0) is 72.4 Å². The molecule has 2 atom stereocenters. The number of carbonyl (C=O) groups is 4. The maximum Gasteiger partial charge on any atom is 0.328 e. The van der Waals surface area contributed by atoms with Crippen molar-refractivity contribution in [3.63, 3.8) is 0 Å². The lowest BCUT2D eigenvalue weighted by molar-refractivity contribution is -0.121. The zero-order valence-corrected chi connectivity index (χ0v) is 35.1. The second kappa shape index (κ2) is 16.5. The minimum Gasteiger partial charge on any atom is -0.365 e. The molecule has 5 aromatic rings. The van der Waals surface area contributed by atoms with Gasteiger partial charge in [0.2, 0.25) is 5.91 Å². The number of imidazole rings is 1. The second-order valence-corrected chi connectivity index (χ2v) is 17.7. The summed E-state index contributed by atoms with van der Waals surface area (Å²) in [4.78, 5) is 69.2. The number of piperazine rings is 1. The fourth-order valence-corrected chi connectivity index (χ4v) is 10.2. The van der Waals surface area contributed by atoms with Crippen LogP contribution in [0, 0.1) is 5.82 Å². The summed E-state index contributed by atoms with van der Waals surface area (Å²) in [6.45, 7) is 4.03. The number of hydrogen-bond acceptors (Lipinski definition) is 10. The lowest BCUT2D eigenvalue weighted by Gasteiger charge is -2.47. The highest BCUT2D eigenvalue weighted by molar-refractivity contribution is 7.13. The van der Waals surface area contributed by atoms with E-state index in [1.54, 1.807) is 58.0 Å². The number of piperidine rings is 1. The minimum atomic E-state index is -2.96. The van der Waals surface area contributed by atoms with Crippen molar-refractivity contribution < 1.29 is 32.3 Å². The summed E-state index contributed by atoms with van der Waals surface area (Å²) in [7, 11) is 0. The lowest BCUT2D eigenvalue weighted by Crippen LogP contribution is -2.61. The third-order valence-corrected chi connectivity index (χ3v) is 13.7. The molecule has 63 heavy (non-hydrogen) atoms. The molecule has 2 unspecified atom stereocenters. The fourth-order valence-electron chi connectivity index (χ4n) is 9.71. The monoisotopic (exact) mass is 878 g/mol. The average Bonchev–Trinajstić information content (AvgIpc) is 4.10. The van der Waals surface area contributed by atoms with Crippen molar-refractivity contribution in [2.45, 2.75) is 63.3 Å². The van der Waals surface area contributed by atoms with Gasteiger partial charge in [-0.3, -0.25) is 39.7 Å². The minimum absolute atomic E-state index is 0.107. The molecular formula is C45H45F3N10O4S. The molecule has 3 saturated heterocycles. The highest BCUT2D eigenvalue weighted by atomic mass is 32.1. The normalized spacial score (nSPS) is 20.8. The first-order chi connectivity index (χ1) is 30.5. The first-order valence-corrected chi connectivity index (χ1v) is 22.1. The van der Waals surface area contributed by atoms with Crippen LogP contribution in [0.5, 0.6) is 0 Å². The van der Waals surface area contributed by atoms with E-state index < -0.39 is 48.2 Å². The molecule has 0 saturated carbocycles. The summed E-state index contributed by atoms with van der Waals surface area (Å²) >= 11 is 1.25. The van der Waals surface area contributed by atoms with Crippen molar-refractivity contribution in [1.82, 2.24) is 34.6 Å². The number of fused-ring (bicyclic) bond motifs is 2. The molecule has 10 rings (SSSR count). The van der Waals surface area contributed by atoms with E-state index in [-0.39, 0.29) is 30.0 Å². The largest absolute Gasteiger partial charge is 0.365 e. The second-order valence-electron chi connectivity index (χ2n) is 16.8. The summed E-state index contributed by atoms with van der Waals surface area (Å²) in [6.07, 6.45) is 5.41. The van der Waals surface area contributed by atoms with Gasteiger partial charge < -0.3 is 14.4 Å². The van der Waals surface area contributed by atoms with Crippen LogP contribution in [0.25, 0.3) is 11.1 Å². The molecule has 0 spiro atoms. The van der Waals surface area contributed by atoms with Crippen molar-refractivity contribution in [2.75, 3.05) is 60.9 Å². The van der Waals surface area contributed by atoms with E-state index in [0.717, 1.165) is 24.2 Å². The molecule has 0 aliphatic carbocycles. The Morgan fingerprint density at radius 1 is 0.905 bits per heavy atom. The zero-order chi connectivity index (χ0) is 43.4. The van der Waals surface area contributed by atoms with Crippen LogP contribution in [0.4, 0.5) is 34.5 Å². The number of urea groups is 1. The van der Waals surface area contributed by atoms with Gasteiger partial charge in [0.05, 0.1) is 31.2 Å². The number of rotatable bonds is 10. The Kier molecular flexibility index (Phi) is 10.7. The molecule has 14 nitrogen and oxygen atoms in total. The molecule has 3 fully saturated rings. The van der Waals surface area contributed by atoms with Gasteiger partial charge in [-0.2, -0.15) is 0 Å². The van der Waals surface area contributed by atoms with Crippen LogP contribution >= 0.6 is 11.3 Å². The third-order valence-electron chi connectivity index (χ3n) is 13.0. The number of nitrogens with one attached hydrogen (secondary N) is 2. The van der Waals surface area contributed by atoms with Gasteiger partial charge in [-0.15, -0.1) is 11.3 Å². The number of hydrogen-bond donors (Lipinski definition) is 2. The van der Waals surface area contributed by atoms with Gasteiger partial charge >= 0.3 is 6.03 Å². The van der Waals surface area contributed by atoms with Gasteiger partial charge in [0, 0.05) is 98.6 Å². The molecule has 0 radical (unpaired) electrons. The van der Waals surface area contributed by atoms with Crippen molar-refractivity contribution in [3.05, 3.63) is 112 Å². The zero-order valence-electron chi connectivity index (χ0n) is 34.3. The lowest BCUT2D eigenvalue weighted by atomic mass is 9.96. The first kappa shape index (κ1) is 40.9. The molecule has 7 heterocycles. The number of imide groups is 1. The van der Waals surface area contributed by atoms with Crippen LogP contribution in [0.2, 0.25) is 0 Å². The number of aromatic nitrogens is 3. The molecule has 326 valence electrons. The predicted octanol–water partition coefficient (Wildman–Crippen LogP) is 5.91. The van der Waals surface area contributed by atoms with Crippen LogP contribution in [0.1, 0.15) is 58.2 Å². The molecule has 0 bridgehead atoms. The number of aryl methyl sites for hydroxylation is 1. The number of carbonyl (C=O) groups excluding carboxylic acids is 4. The summed E-state index contributed by atoms with van der Waals surface area (Å²) in [5.74, 6) is -4.76. The summed E-state index contributed by atoms with van der Waals surface area (Å²) in [5.41, 5.74) is 5.21. The smallest absolute Gasteiger partial charge is 0.328 e. The number of nitrogens with zero attached hydrogens (tertiary/aromatic N) is 8. The SMILES string of the molecule is O=C1CCN(c2ccc(CN3CCN(C4CCN(c5ccc(-c6cc(F)c7c(c6)C(=O)N(C(C(=O)Nc6nccs6)c6ncn8c6CCC8)C7)cc5)CC4(F)F)CC3)cc2)C(=O)N1. The Labute approximate surface area is 365 Å². The van der Waals surface area contributed by atoms with Crippen molar-refractivity contribution >= 4 is 51.6 Å². The summed E-state index contributed by atoms with van der Waals surface area (Å²) in [6, 6.07) is 15.3. The van der Waals surface area contributed by atoms with Crippen molar-refractivity contribution in [2.24, 2.45) is 0 Å². The van der Waals surface area contributed by atoms with E-state index in [2.05, 4.69) is 25.5 Å². The van der Waals surface area contributed by atoms with Crippen LogP contribution in [0.15, 0.2) is 78.6 Å². The molecule has 5 aliphatic heterocycles. The van der Waals surface area contributed by atoms with Gasteiger partial charge in [-0.1, -0.05) is 24.3 Å². The predicted molar refractivity (Wildman–Crippen MR) is 230 cm³/mol. The molecular weight excluding hydrogens is 834 g/mol. The van der Waals surface area contributed by atoms with E-state index in [4.69, 9.17) is 0 Å². The maximum atomic E-state index is 16.0. The quantitative estimate of drug-likeness (QED) is 0.176. The van der Waals surface area contributed by atoms with Gasteiger partial charge in [-0.25, -0.2) is 27.9 Å².